The summed E-state index contributed by atoms with van der Waals surface area (Å²) < 4.78 is 0. The maximum absolute atomic E-state index is 4.11. The van der Waals surface area contributed by atoms with E-state index < -0.39 is 0 Å². The van der Waals surface area contributed by atoms with Crippen LogP contribution in [0.25, 0.3) is 0 Å². The Labute approximate surface area is 130 Å². The summed E-state index contributed by atoms with van der Waals surface area (Å²) in [7, 11) is 0. The molecule has 2 unspecified atom stereocenters. The Morgan fingerprint density at radius 1 is 0.952 bits per heavy atom. The number of rotatable bonds is 4. The Morgan fingerprint density at radius 2 is 1.57 bits per heavy atom. The van der Waals surface area contributed by atoms with Gasteiger partial charge in [-0.3, -0.25) is 4.90 Å². The Bertz CT molecular complexity index is 379. The summed E-state index contributed by atoms with van der Waals surface area (Å²) in [6.45, 7) is 5.23. The van der Waals surface area contributed by atoms with Gasteiger partial charge in [-0.25, -0.2) is 0 Å². The van der Waals surface area contributed by atoms with Gasteiger partial charge >= 0.3 is 0 Å². The van der Waals surface area contributed by atoms with Crippen molar-refractivity contribution in [2.24, 2.45) is 23.2 Å². The first kappa shape index (κ1) is 13.4. The minimum Gasteiger partial charge on any atom is -0.310 e. The van der Waals surface area contributed by atoms with Gasteiger partial charge in [0.1, 0.15) is 0 Å². The van der Waals surface area contributed by atoms with Gasteiger partial charge in [0, 0.05) is 31.2 Å². The molecule has 0 amide bonds. The molecule has 6 aliphatic rings. The zero-order valence-electron chi connectivity index (χ0n) is 13.7. The molecule has 118 valence electrons. The minimum absolute atomic E-state index is 0.682. The summed E-state index contributed by atoms with van der Waals surface area (Å²) in [5.74, 6) is 3.27. The minimum atomic E-state index is 0.682. The normalized spacial score (nSPS) is 50.7. The monoisotopic (exact) mass is 288 g/mol. The highest BCUT2D eigenvalue weighted by molar-refractivity contribution is 5.06. The first-order chi connectivity index (χ1) is 10.2. The molecular formula is C19H32N2. The molecule has 0 spiro atoms. The topological polar surface area (TPSA) is 15.3 Å². The Kier molecular flexibility index (Phi) is 3.00. The van der Waals surface area contributed by atoms with Crippen LogP contribution in [0.1, 0.15) is 64.7 Å². The molecule has 0 aromatic carbocycles. The fourth-order valence-electron chi connectivity index (χ4n) is 6.93. The third kappa shape index (κ3) is 2.28. The molecule has 2 heteroatoms. The molecule has 0 radical (unpaired) electrons. The van der Waals surface area contributed by atoms with Crippen molar-refractivity contribution < 1.29 is 0 Å². The molecule has 4 bridgehead atoms. The van der Waals surface area contributed by atoms with E-state index in [1.165, 1.54) is 32.4 Å². The summed E-state index contributed by atoms with van der Waals surface area (Å²) in [5, 5.41) is 4.11. The molecule has 21 heavy (non-hydrogen) atoms. The van der Waals surface area contributed by atoms with Gasteiger partial charge in [-0.05, 0) is 87.9 Å². The predicted octanol–water partition coefficient (Wildman–Crippen LogP) is 3.42. The van der Waals surface area contributed by atoms with Gasteiger partial charge in [0.2, 0.25) is 0 Å². The quantitative estimate of drug-likeness (QED) is 0.853. The molecule has 5 saturated carbocycles. The zero-order chi connectivity index (χ0) is 14.0. The standard InChI is InChI=1S/C19H32N2/c1-13(20-17-4-5-21(12-17)18-2-3-18)19-9-14-6-15(10-19)8-16(7-14)11-19/h13-18,20H,2-12H2,1H3. The SMILES string of the molecule is CC(NC1CCN(C2CC2)C1)C12CC3CC(CC(C3)C1)C2. The van der Waals surface area contributed by atoms with E-state index in [0.717, 1.165) is 35.9 Å². The van der Waals surface area contributed by atoms with Crippen LogP contribution in [0.4, 0.5) is 0 Å². The van der Waals surface area contributed by atoms with Gasteiger partial charge in [0.15, 0.2) is 0 Å². The van der Waals surface area contributed by atoms with Gasteiger partial charge in [-0.2, -0.15) is 0 Å². The van der Waals surface area contributed by atoms with E-state index in [-0.39, 0.29) is 0 Å². The van der Waals surface area contributed by atoms with Crippen molar-refractivity contribution in [2.75, 3.05) is 13.1 Å². The van der Waals surface area contributed by atoms with Crippen molar-refractivity contribution in [3.63, 3.8) is 0 Å². The van der Waals surface area contributed by atoms with E-state index >= 15 is 0 Å². The number of likely N-dealkylation sites (tertiary alicyclic amines) is 1. The van der Waals surface area contributed by atoms with Crippen LogP contribution in [0.15, 0.2) is 0 Å². The largest absolute Gasteiger partial charge is 0.310 e. The van der Waals surface area contributed by atoms with Crippen molar-refractivity contribution in [3.8, 4) is 0 Å². The molecule has 1 heterocycles. The first-order valence-corrected chi connectivity index (χ1v) is 9.70. The second-order valence-corrected chi connectivity index (χ2v) is 9.38. The second-order valence-electron chi connectivity index (χ2n) is 9.38. The van der Waals surface area contributed by atoms with Gasteiger partial charge in [0.05, 0.1) is 0 Å². The van der Waals surface area contributed by atoms with Crippen LogP contribution in [0.3, 0.4) is 0 Å². The highest BCUT2D eigenvalue weighted by atomic mass is 15.2. The summed E-state index contributed by atoms with van der Waals surface area (Å²) >= 11 is 0. The maximum atomic E-state index is 4.11. The lowest BCUT2D eigenvalue weighted by atomic mass is 9.48. The van der Waals surface area contributed by atoms with Crippen LogP contribution in [-0.4, -0.2) is 36.1 Å². The average Bonchev–Trinajstić information content (AvgIpc) is 3.18. The number of nitrogens with one attached hydrogen (secondary N) is 1. The Balaban J connectivity index is 1.25. The summed E-state index contributed by atoms with van der Waals surface area (Å²) in [6.07, 6.45) is 13.7. The lowest BCUT2D eigenvalue weighted by molar-refractivity contribution is -0.0719. The third-order valence-corrected chi connectivity index (χ3v) is 7.77. The molecule has 2 atom stereocenters. The third-order valence-electron chi connectivity index (χ3n) is 7.77. The van der Waals surface area contributed by atoms with Crippen LogP contribution in [-0.2, 0) is 0 Å². The molecule has 5 aliphatic carbocycles. The molecule has 0 aromatic heterocycles. The molecule has 6 rings (SSSR count). The van der Waals surface area contributed by atoms with Crippen molar-refractivity contribution in [1.82, 2.24) is 10.2 Å². The van der Waals surface area contributed by atoms with E-state index in [0.29, 0.717) is 5.41 Å². The van der Waals surface area contributed by atoms with Gasteiger partial charge in [0.25, 0.3) is 0 Å². The van der Waals surface area contributed by atoms with Crippen LogP contribution < -0.4 is 5.32 Å². The molecule has 1 aliphatic heterocycles. The number of nitrogens with zero attached hydrogens (tertiary/aromatic N) is 1. The van der Waals surface area contributed by atoms with Crippen molar-refractivity contribution in [3.05, 3.63) is 0 Å². The predicted molar refractivity (Wildman–Crippen MR) is 86.2 cm³/mol. The fraction of sp³-hybridized carbons (Fsp3) is 1.00. The van der Waals surface area contributed by atoms with Gasteiger partial charge < -0.3 is 5.32 Å². The summed E-state index contributed by atoms with van der Waals surface area (Å²) in [4.78, 5) is 2.75. The zero-order valence-corrected chi connectivity index (χ0v) is 13.7. The van der Waals surface area contributed by atoms with Crippen molar-refractivity contribution in [2.45, 2.75) is 82.8 Å². The second kappa shape index (κ2) is 4.71. The van der Waals surface area contributed by atoms with E-state index in [1.807, 2.05) is 0 Å². The molecule has 6 fully saturated rings. The van der Waals surface area contributed by atoms with E-state index in [1.54, 1.807) is 38.5 Å². The Hall–Kier alpha value is -0.0800. The summed E-state index contributed by atoms with van der Waals surface area (Å²) in [5.41, 5.74) is 0.682. The molecule has 1 N–H and O–H groups in total. The Morgan fingerprint density at radius 3 is 2.14 bits per heavy atom. The lowest BCUT2D eigenvalue weighted by Crippen LogP contribution is -2.56. The average molecular weight is 288 g/mol. The molecule has 2 nitrogen and oxygen atoms in total. The first-order valence-electron chi connectivity index (χ1n) is 9.70. The van der Waals surface area contributed by atoms with Crippen LogP contribution in [0.2, 0.25) is 0 Å². The van der Waals surface area contributed by atoms with Gasteiger partial charge in [-0.1, -0.05) is 0 Å². The van der Waals surface area contributed by atoms with Crippen molar-refractivity contribution >= 4 is 0 Å². The lowest BCUT2D eigenvalue weighted by Gasteiger charge is -2.59. The van der Waals surface area contributed by atoms with Crippen LogP contribution in [0.5, 0.6) is 0 Å². The van der Waals surface area contributed by atoms with Crippen molar-refractivity contribution in [1.29, 1.82) is 0 Å². The van der Waals surface area contributed by atoms with Crippen LogP contribution in [0, 0.1) is 23.2 Å². The van der Waals surface area contributed by atoms with Crippen LogP contribution >= 0.6 is 0 Å². The van der Waals surface area contributed by atoms with E-state index in [4.69, 9.17) is 0 Å². The molecule has 0 aromatic rings. The highest BCUT2D eigenvalue weighted by Gasteiger charge is 2.53. The van der Waals surface area contributed by atoms with E-state index in [2.05, 4.69) is 17.1 Å². The highest BCUT2D eigenvalue weighted by Crippen LogP contribution is 2.61. The molecular weight excluding hydrogens is 256 g/mol. The number of hydrogen-bond acceptors (Lipinski definition) is 2. The smallest absolute Gasteiger partial charge is 0.0210 e. The fourth-order valence-corrected chi connectivity index (χ4v) is 6.93. The summed E-state index contributed by atoms with van der Waals surface area (Å²) in [6, 6.07) is 2.51. The number of hydrogen-bond donors (Lipinski definition) is 1. The maximum Gasteiger partial charge on any atom is 0.0210 e. The van der Waals surface area contributed by atoms with E-state index in [9.17, 15) is 0 Å². The molecule has 1 saturated heterocycles. The van der Waals surface area contributed by atoms with Gasteiger partial charge in [-0.15, -0.1) is 0 Å².